The van der Waals surface area contributed by atoms with Gasteiger partial charge in [0.2, 0.25) is 5.91 Å². The van der Waals surface area contributed by atoms with Crippen LogP contribution < -0.4 is 10.1 Å². The van der Waals surface area contributed by atoms with Gasteiger partial charge in [-0.25, -0.2) is 0 Å². The number of carbonyl (C=O) groups is 3. The fourth-order valence-corrected chi connectivity index (χ4v) is 4.35. The van der Waals surface area contributed by atoms with Crippen molar-refractivity contribution in [3.05, 3.63) is 29.8 Å². The molecule has 1 aliphatic rings. The molecular weight excluding hydrogens is 444 g/mol. The zero-order valence-electron chi connectivity index (χ0n) is 21.9. The van der Waals surface area contributed by atoms with E-state index in [1.807, 2.05) is 25.1 Å². The van der Waals surface area contributed by atoms with Gasteiger partial charge in [0, 0.05) is 13.1 Å². The van der Waals surface area contributed by atoms with Crippen molar-refractivity contribution in [1.82, 2.24) is 10.2 Å². The molecule has 2 rings (SSSR count). The lowest BCUT2D eigenvalue weighted by atomic mass is 10.1. The Morgan fingerprint density at radius 2 is 1.71 bits per heavy atom. The third-order valence-electron chi connectivity index (χ3n) is 6.39. The predicted octanol–water partition coefficient (Wildman–Crippen LogP) is 4.94. The third-order valence-corrected chi connectivity index (χ3v) is 6.39. The molecule has 2 unspecified atom stereocenters. The quantitative estimate of drug-likeness (QED) is 0.263. The SMILES string of the molecule is CCCCCCCCCCCCOC(=O)CC1C(=O)NCCN1C(=O)C(C)Oc1cccc(C)c1. The summed E-state index contributed by atoms with van der Waals surface area (Å²) in [5.41, 5.74) is 1.03. The molecule has 7 heteroatoms. The Morgan fingerprint density at radius 1 is 1.06 bits per heavy atom. The number of esters is 1. The Hall–Kier alpha value is -2.57. The number of hydrogen-bond acceptors (Lipinski definition) is 5. The highest BCUT2D eigenvalue weighted by Crippen LogP contribution is 2.18. The molecule has 1 fully saturated rings. The van der Waals surface area contributed by atoms with Crippen LogP contribution in [0.25, 0.3) is 0 Å². The van der Waals surface area contributed by atoms with Crippen LogP contribution in [0, 0.1) is 6.92 Å². The molecule has 1 saturated heterocycles. The standard InChI is InChI=1S/C28H44N2O5/c1-4-5-6-7-8-9-10-11-12-13-19-34-26(31)21-25-27(32)29-17-18-30(25)28(33)23(3)35-24-16-14-15-22(2)20-24/h14-16,20,23,25H,4-13,17-19,21H2,1-3H3,(H,29,32). The number of benzene rings is 1. The largest absolute Gasteiger partial charge is 0.481 e. The number of nitrogens with zero attached hydrogens (tertiary/aromatic N) is 1. The molecule has 1 aliphatic heterocycles. The lowest BCUT2D eigenvalue weighted by Crippen LogP contribution is -2.60. The van der Waals surface area contributed by atoms with Crippen molar-refractivity contribution in [3.63, 3.8) is 0 Å². The average Bonchev–Trinajstić information content (AvgIpc) is 2.83. The predicted molar refractivity (Wildman–Crippen MR) is 137 cm³/mol. The van der Waals surface area contributed by atoms with Crippen LogP contribution in [0.4, 0.5) is 0 Å². The molecule has 0 bridgehead atoms. The van der Waals surface area contributed by atoms with E-state index in [0.29, 0.717) is 25.4 Å². The Kier molecular flexibility index (Phi) is 13.2. The van der Waals surface area contributed by atoms with Gasteiger partial charge >= 0.3 is 5.97 Å². The average molecular weight is 489 g/mol. The van der Waals surface area contributed by atoms with Crippen LogP contribution in [0.15, 0.2) is 24.3 Å². The first-order valence-corrected chi connectivity index (χ1v) is 13.4. The van der Waals surface area contributed by atoms with Crippen LogP contribution in [0.3, 0.4) is 0 Å². The highest BCUT2D eigenvalue weighted by Gasteiger charge is 2.37. The fraction of sp³-hybridized carbons (Fsp3) is 0.679. The van der Waals surface area contributed by atoms with Crippen molar-refractivity contribution in [1.29, 1.82) is 0 Å². The van der Waals surface area contributed by atoms with E-state index in [-0.39, 0.29) is 18.2 Å². The molecule has 0 aliphatic carbocycles. The number of carbonyl (C=O) groups excluding carboxylic acids is 3. The maximum atomic E-state index is 13.1. The fourth-order valence-electron chi connectivity index (χ4n) is 4.35. The molecule has 0 saturated carbocycles. The molecular formula is C28H44N2O5. The topological polar surface area (TPSA) is 84.9 Å². The van der Waals surface area contributed by atoms with Crippen LogP contribution in [0.2, 0.25) is 0 Å². The van der Waals surface area contributed by atoms with Gasteiger partial charge in [-0.2, -0.15) is 0 Å². The normalized spacial score (nSPS) is 16.5. The monoisotopic (exact) mass is 488 g/mol. The highest BCUT2D eigenvalue weighted by atomic mass is 16.5. The highest BCUT2D eigenvalue weighted by molar-refractivity contribution is 5.93. The van der Waals surface area contributed by atoms with Gasteiger partial charge in [-0.1, -0.05) is 76.8 Å². The van der Waals surface area contributed by atoms with Gasteiger partial charge in [0.1, 0.15) is 11.8 Å². The minimum Gasteiger partial charge on any atom is -0.481 e. The summed E-state index contributed by atoms with van der Waals surface area (Å²) >= 11 is 0. The van der Waals surface area contributed by atoms with E-state index in [2.05, 4.69) is 12.2 Å². The number of unbranched alkanes of at least 4 members (excludes halogenated alkanes) is 9. The minimum atomic E-state index is -0.875. The summed E-state index contributed by atoms with van der Waals surface area (Å²) in [7, 11) is 0. The Morgan fingerprint density at radius 3 is 2.37 bits per heavy atom. The number of aryl methyl sites for hydroxylation is 1. The zero-order chi connectivity index (χ0) is 25.5. The second-order valence-electron chi connectivity index (χ2n) is 9.52. The molecule has 1 aromatic rings. The van der Waals surface area contributed by atoms with Gasteiger partial charge in [-0.05, 0) is 38.0 Å². The number of amides is 2. The Bertz CT molecular complexity index is 797. The van der Waals surface area contributed by atoms with E-state index in [4.69, 9.17) is 9.47 Å². The van der Waals surface area contributed by atoms with Crippen LogP contribution >= 0.6 is 0 Å². The van der Waals surface area contributed by atoms with Gasteiger partial charge in [-0.15, -0.1) is 0 Å². The molecule has 2 amide bonds. The second-order valence-corrected chi connectivity index (χ2v) is 9.52. The molecule has 1 N–H and O–H groups in total. The van der Waals surface area contributed by atoms with Gasteiger partial charge in [-0.3, -0.25) is 14.4 Å². The number of nitrogens with one attached hydrogen (secondary N) is 1. The van der Waals surface area contributed by atoms with Crippen molar-refractivity contribution in [2.75, 3.05) is 19.7 Å². The Balaban J connectivity index is 1.71. The van der Waals surface area contributed by atoms with Crippen molar-refractivity contribution in [3.8, 4) is 5.75 Å². The number of hydrogen-bond donors (Lipinski definition) is 1. The van der Waals surface area contributed by atoms with E-state index in [1.165, 1.54) is 49.8 Å². The zero-order valence-corrected chi connectivity index (χ0v) is 21.9. The molecule has 7 nitrogen and oxygen atoms in total. The van der Waals surface area contributed by atoms with Crippen molar-refractivity contribution in [2.24, 2.45) is 0 Å². The first kappa shape index (κ1) is 28.7. The van der Waals surface area contributed by atoms with Crippen molar-refractivity contribution < 1.29 is 23.9 Å². The molecule has 0 radical (unpaired) electrons. The molecule has 0 spiro atoms. The molecule has 0 aromatic heterocycles. The van der Waals surface area contributed by atoms with Crippen LogP contribution in [-0.2, 0) is 19.1 Å². The number of ether oxygens (including phenoxy) is 2. The first-order chi connectivity index (χ1) is 16.9. The van der Waals surface area contributed by atoms with E-state index < -0.39 is 18.1 Å². The van der Waals surface area contributed by atoms with Crippen LogP contribution in [0.1, 0.15) is 90.0 Å². The van der Waals surface area contributed by atoms with Crippen molar-refractivity contribution in [2.45, 2.75) is 104 Å². The number of rotatable bonds is 16. The maximum Gasteiger partial charge on any atom is 0.308 e. The van der Waals surface area contributed by atoms with Gasteiger partial charge in [0.05, 0.1) is 13.0 Å². The summed E-state index contributed by atoms with van der Waals surface area (Å²) in [6, 6.07) is 6.59. The number of piperazine rings is 1. The van der Waals surface area contributed by atoms with E-state index in [1.54, 1.807) is 13.0 Å². The summed E-state index contributed by atoms with van der Waals surface area (Å²) in [6.07, 6.45) is 11.2. The van der Waals surface area contributed by atoms with Crippen molar-refractivity contribution >= 4 is 17.8 Å². The summed E-state index contributed by atoms with van der Waals surface area (Å²) < 4.78 is 11.2. The summed E-state index contributed by atoms with van der Waals surface area (Å²) in [6.45, 7) is 6.89. The molecule has 1 aromatic carbocycles. The van der Waals surface area contributed by atoms with Gasteiger partial charge in [0.15, 0.2) is 6.10 Å². The lowest BCUT2D eigenvalue weighted by Gasteiger charge is -2.36. The molecule has 196 valence electrons. The Labute approximate surface area is 210 Å². The van der Waals surface area contributed by atoms with E-state index >= 15 is 0 Å². The van der Waals surface area contributed by atoms with E-state index in [9.17, 15) is 14.4 Å². The molecule has 2 atom stereocenters. The maximum absolute atomic E-state index is 13.1. The molecule has 35 heavy (non-hydrogen) atoms. The van der Waals surface area contributed by atoms with E-state index in [0.717, 1.165) is 24.8 Å². The smallest absolute Gasteiger partial charge is 0.308 e. The first-order valence-electron chi connectivity index (χ1n) is 13.4. The van der Waals surface area contributed by atoms with Gasteiger partial charge < -0.3 is 19.7 Å². The summed E-state index contributed by atoms with van der Waals surface area (Å²) in [5.74, 6) is -0.495. The van der Waals surface area contributed by atoms with Crippen LogP contribution in [0.5, 0.6) is 5.75 Å². The lowest BCUT2D eigenvalue weighted by molar-refractivity contribution is -0.154. The summed E-state index contributed by atoms with van der Waals surface area (Å²) in [4.78, 5) is 39.4. The minimum absolute atomic E-state index is 0.146. The van der Waals surface area contributed by atoms with Gasteiger partial charge in [0.25, 0.3) is 5.91 Å². The van der Waals surface area contributed by atoms with Crippen LogP contribution in [-0.4, -0.2) is 54.5 Å². The molecule has 1 heterocycles. The second kappa shape index (κ2) is 16.2. The third kappa shape index (κ3) is 10.7. The summed E-state index contributed by atoms with van der Waals surface area (Å²) in [5, 5.41) is 2.75.